The number of ether oxygens (including phenoxy) is 1. The second-order valence-corrected chi connectivity index (χ2v) is 9.38. The molecule has 2 aromatic carbocycles. The zero-order valence-electron chi connectivity index (χ0n) is 17.4. The van der Waals surface area contributed by atoms with E-state index in [4.69, 9.17) is 9.15 Å². The molecular weight excluding hydrogens is 416 g/mol. The molecule has 1 saturated carbocycles. The molecule has 31 heavy (non-hydrogen) atoms. The van der Waals surface area contributed by atoms with Gasteiger partial charge in [0.2, 0.25) is 0 Å². The van der Waals surface area contributed by atoms with Gasteiger partial charge in [0.05, 0.1) is 30.5 Å². The minimum Gasteiger partial charge on any atom is -0.495 e. The van der Waals surface area contributed by atoms with Crippen LogP contribution in [0.5, 0.6) is 5.75 Å². The average molecular weight is 441 g/mol. The first-order valence-corrected chi connectivity index (χ1v) is 11.4. The first-order valence-electron chi connectivity index (χ1n) is 9.97. The van der Waals surface area contributed by atoms with Crippen molar-refractivity contribution >= 4 is 21.6 Å². The molecule has 162 valence electrons. The van der Waals surface area contributed by atoms with E-state index in [1.54, 1.807) is 53.6 Å². The summed E-state index contributed by atoms with van der Waals surface area (Å²) in [7, 11) is -0.848. The Balaban J connectivity index is 1.56. The molecule has 0 spiro atoms. The summed E-state index contributed by atoms with van der Waals surface area (Å²) in [5.74, 6) is 1.04. The Kier molecular flexibility index (Phi) is 5.73. The van der Waals surface area contributed by atoms with E-state index in [1.807, 2.05) is 6.07 Å². The molecule has 0 atom stereocenters. The Bertz CT molecular complexity index is 1150. The van der Waals surface area contributed by atoms with Crippen LogP contribution >= 0.6 is 0 Å². The van der Waals surface area contributed by atoms with Crippen LogP contribution in [-0.2, 0) is 16.6 Å². The Morgan fingerprint density at radius 3 is 2.39 bits per heavy atom. The molecule has 1 fully saturated rings. The molecule has 4 rings (SSSR count). The summed E-state index contributed by atoms with van der Waals surface area (Å²) in [5, 5.41) is 0. The van der Waals surface area contributed by atoms with Crippen LogP contribution in [0.3, 0.4) is 0 Å². The number of methoxy groups -OCH3 is 1. The SMILES string of the molecule is COc1ccccc1N(C)S(=O)(=O)c1ccc(C(=O)N(Cc2ccco2)C2CC2)cc1. The third-order valence-corrected chi connectivity index (χ3v) is 7.12. The van der Waals surface area contributed by atoms with Gasteiger partial charge in [-0.2, -0.15) is 0 Å². The fraction of sp³-hybridized carbons (Fsp3) is 0.261. The van der Waals surface area contributed by atoms with Crippen LogP contribution < -0.4 is 9.04 Å². The van der Waals surface area contributed by atoms with E-state index in [0.717, 1.165) is 18.6 Å². The van der Waals surface area contributed by atoms with Crippen LogP contribution in [0, 0.1) is 0 Å². The van der Waals surface area contributed by atoms with Gasteiger partial charge < -0.3 is 14.1 Å². The molecule has 0 unspecified atom stereocenters. The van der Waals surface area contributed by atoms with Crippen molar-refractivity contribution in [1.29, 1.82) is 0 Å². The highest BCUT2D eigenvalue weighted by molar-refractivity contribution is 7.92. The van der Waals surface area contributed by atoms with Crippen LogP contribution in [0.15, 0.2) is 76.2 Å². The van der Waals surface area contributed by atoms with E-state index in [1.165, 1.54) is 30.6 Å². The maximum absolute atomic E-state index is 13.1. The first-order chi connectivity index (χ1) is 14.9. The van der Waals surface area contributed by atoms with Crippen molar-refractivity contribution in [3.8, 4) is 5.75 Å². The van der Waals surface area contributed by atoms with Gasteiger partial charge in [-0.15, -0.1) is 0 Å². The Morgan fingerprint density at radius 2 is 1.77 bits per heavy atom. The minimum atomic E-state index is -3.82. The summed E-state index contributed by atoms with van der Waals surface area (Å²) in [4.78, 5) is 14.9. The molecular formula is C23H24N2O5S. The van der Waals surface area contributed by atoms with E-state index in [2.05, 4.69) is 0 Å². The van der Waals surface area contributed by atoms with Gasteiger partial charge >= 0.3 is 0 Å². The van der Waals surface area contributed by atoms with Crippen LogP contribution in [0.2, 0.25) is 0 Å². The number of amides is 1. The number of carbonyl (C=O) groups excluding carboxylic acids is 1. The van der Waals surface area contributed by atoms with Crippen molar-refractivity contribution in [3.05, 3.63) is 78.3 Å². The molecule has 0 N–H and O–H groups in total. The minimum absolute atomic E-state index is 0.0986. The molecule has 1 aliphatic rings. The van der Waals surface area contributed by atoms with Crippen molar-refractivity contribution in [3.63, 3.8) is 0 Å². The zero-order chi connectivity index (χ0) is 22.0. The lowest BCUT2D eigenvalue weighted by Crippen LogP contribution is -2.32. The molecule has 1 amide bonds. The van der Waals surface area contributed by atoms with Crippen molar-refractivity contribution < 1.29 is 22.4 Å². The largest absolute Gasteiger partial charge is 0.495 e. The van der Waals surface area contributed by atoms with E-state index < -0.39 is 10.0 Å². The molecule has 7 nitrogen and oxygen atoms in total. The number of para-hydroxylation sites is 2. The predicted octanol–water partition coefficient (Wildman–Crippen LogP) is 3.92. The zero-order valence-corrected chi connectivity index (χ0v) is 18.2. The second kappa shape index (κ2) is 8.47. The Morgan fingerprint density at radius 1 is 1.06 bits per heavy atom. The molecule has 8 heteroatoms. The van der Waals surface area contributed by atoms with E-state index in [-0.39, 0.29) is 16.8 Å². The smallest absolute Gasteiger partial charge is 0.264 e. The maximum atomic E-state index is 13.1. The number of anilines is 1. The van der Waals surface area contributed by atoms with Gasteiger partial charge in [-0.05, 0) is 61.4 Å². The summed E-state index contributed by atoms with van der Waals surface area (Å²) < 4.78 is 38.1. The normalized spacial score (nSPS) is 13.6. The van der Waals surface area contributed by atoms with Crippen LogP contribution in [0.25, 0.3) is 0 Å². The summed E-state index contributed by atoms with van der Waals surface area (Å²) in [6.07, 6.45) is 3.51. The number of hydrogen-bond donors (Lipinski definition) is 0. The predicted molar refractivity (Wildman–Crippen MR) is 117 cm³/mol. The molecule has 0 bridgehead atoms. The highest BCUT2D eigenvalue weighted by Gasteiger charge is 2.34. The number of sulfonamides is 1. The maximum Gasteiger partial charge on any atom is 0.264 e. The average Bonchev–Trinajstić information content (AvgIpc) is 3.51. The molecule has 0 radical (unpaired) electrons. The van der Waals surface area contributed by atoms with Crippen molar-refractivity contribution in [1.82, 2.24) is 4.90 Å². The van der Waals surface area contributed by atoms with E-state index in [0.29, 0.717) is 23.5 Å². The summed E-state index contributed by atoms with van der Waals surface area (Å²) in [5.41, 5.74) is 0.876. The number of hydrogen-bond acceptors (Lipinski definition) is 5. The highest BCUT2D eigenvalue weighted by Crippen LogP contribution is 2.32. The number of benzene rings is 2. The van der Waals surface area contributed by atoms with Crippen LogP contribution in [-0.4, -0.2) is 39.4 Å². The van der Waals surface area contributed by atoms with Gasteiger partial charge in [-0.25, -0.2) is 8.42 Å². The lowest BCUT2D eigenvalue weighted by Gasteiger charge is -2.23. The highest BCUT2D eigenvalue weighted by atomic mass is 32.2. The topological polar surface area (TPSA) is 80.1 Å². The quantitative estimate of drug-likeness (QED) is 0.530. The van der Waals surface area contributed by atoms with Gasteiger partial charge in [0, 0.05) is 18.7 Å². The molecule has 0 saturated heterocycles. The third kappa shape index (κ3) is 4.29. The molecule has 0 aliphatic heterocycles. The number of carbonyl (C=O) groups is 1. The third-order valence-electron chi connectivity index (χ3n) is 5.34. The van der Waals surface area contributed by atoms with Gasteiger partial charge in [0.25, 0.3) is 15.9 Å². The first kappa shape index (κ1) is 21.0. The molecule has 1 aromatic heterocycles. The molecule has 1 aliphatic carbocycles. The molecule has 3 aromatic rings. The fourth-order valence-electron chi connectivity index (χ4n) is 3.44. The lowest BCUT2D eigenvalue weighted by molar-refractivity contribution is 0.0717. The molecule has 1 heterocycles. The Hall–Kier alpha value is -3.26. The van der Waals surface area contributed by atoms with Gasteiger partial charge in [0.1, 0.15) is 11.5 Å². The van der Waals surface area contributed by atoms with E-state index in [9.17, 15) is 13.2 Å². The fourth-order valence-corrected chi connectivity index (χ4v) is 4.64. The van der Waals surface area contributed by atoms with Crippen molar-refractivity contribution in [2.24, 2.45) is 0 Å². The lowest BCUT2D eigenvalue weighted by atomic mass is 10.2. The standard InChI is InChI=1S/C23H24N2O5S/c1-24(21-7-3-4-8-22(21)29-2)31(27,28)20-13-9-17(10-14-20)23(26)25(18-11-12-18)16-19-6-5-15-30-19/h3-10,13-15,18H,11-12,16H2,1-2H3. The number of rotatable bonds is 8. The van der Waals surface area contributed by atoms with Crippen LogP contribution in [0.4, 0.5) is 5.69 Å². The number of furan rings is 1. The van der Waals surface area contributed by atoms with Gasteiger partial charge in [-0.1, -0.05) is 12.1 Å². The number of nitrogens with zero attached hydrogens (tertiary/aromatic N) is 2. The summed E-state index contributed by atoms with van der Waals surface area (Å²) >= 11 is 0. The summed E-state index contributed by atoms with van der Waals surface area (Å²) in [6.45, 7) is 0.396. The van der Waals surface area contributed by atoms with E-state index >= 15 is 0 Å². The van der Waals surface area contributed by atoms with Crippen molar-refractivity contribution in [2.45, 2.75) is 30.3 Å². The van der Waals surface area contributed by atoms with Crippen molar-refractivity contribution in [2.75, 3.05) is 18.5 Å². The summed E-state index contributed by atoms with van der Waals surface area (Å²) in [6, 6.07) is 16.8. The van der Waals surface area contributed by atoms with Gasteiger partial charge in [0.15, 0.2) is 0 Å². The van der Waals surface area contributed by atoms with Gasteiger partial charge in [-0.3, -0.25) is 9.10 Å². The second-order valence-electron chi connectivity index (χ2n) is 7.41. The monoisotopic (exact) mass is 440 g/mol. The Labute approximate surface area is 181 Å². The van der Waals surface area contributed by atoms with Crippen LogP contribution in [0.1, 0.15) is 29.0 Å².